The fourth-order valence-corrected chi connectivity index (χ4v) is 5.80. The summed E-state index contributed by atoms with van der Waals surface area (Å²) in [6.07, 6.45) is 2.45. The van der Waals surface area contributed by atoms with Crippen molar-refractivity contribution in [2.75, 3.05) is 7.05 Å². The molecule has 2 atom stereocenters. The van der Waals surface area contributed by atoms with Gasteiger partial charge < -0.3 is 5.32 Å². The summed E-state index contributed by atoms with van der Waals surface area (Å²) in [4.78, 5) is 0.0943. The molecule has 1 aliphatic rings. The monoisotopic (exact) mass is 333 g/mol. The lowest BCUT2D eigenvalue weighted by Crippen LogP contribution is -2.54. The molecular formula is C15H21ClFNO2S. The SMILES string of the molecule is CNC1C(S(=O)(=O)c2ccc(F)c(Cl)c2)CCCC1(C)C. The van der Waals surface area contributed by atoms with Gasteiger partial charge in [0.25, 0.3) is 0 Å². The third-order valence-electron chi connectivity index (χ3n) is 4.45. The normalized spacial score (nSPS) is 25.8. The molecule has 1 aromatic carbocycles. The van der Waals surface area contributed by atoms with Crippen molar-refractivity contribution in [1.82, 2.24) is 5.32 Å². The van der Waals surface area contributed by atoms with Crippen molar-refractivity contribution in [2.24, 2.45) is 5.41 Å². The summed E-state index contributed by atoms with van der Waals surface area (Å²) < 4.78 is 39.0. The van der Waals surface area contributed by atoms with Gasteiger partial charge in [-0.15, -0.1) is 0 Å². The molecule has 0 radical (unpaired) electrons. The van der Waals surface area contributed by atoms with E-state index in [1.54, 1.807) is 7.05 Å². The highest BCUT2D eigenvalue weighted by Gasteiger charge is 2.44. The van der Waals surface area contributed by atoms with Crippen molar-refractivity contribution in [3.8, 4) is 0 Å². The lowest BCUT2D eigenvalue weighted by molar-refractivity contribution is 0.178. The summed E-state index contributed by atoms with van der Waals surface area (Å²) in [7, 11) is -1.76. The van der Waals surface area contributed by atoms with Crippen molar-refractivity contribution in [2.45, 2.75) is 49.3 Å². The van der Waals surface area contributed by atoms with Gasteiger partial charge in [0, 0.05) is 6.04 Å². The van der Waals surface area contributed by atoms with Gasteiger partial charge in [0.15, 0.2) is 9.84 Å². The third kappa shape index (κ3) is 3.10. The van der Waals surface area contributed by atoms with Gasteiger partial charge in [-0.05, 0) is 43.5 Å². The zero-order valence-corrected chi connectivity index (χ0v) is 14.1. The van der Waals surface area contributed by atoms with Crippen LogP contribution in [0.2, 0.25) is 5.02 Å². The Morgan fingerprint density at radius 3 is 2.62 bits per heavy atom. The van der Waals surface area contributed by atoms with E-state index in [1.165, 1.54) is 12.1 Å². The second kappa shape index (κ2) is 5.86. The van der Waals surface area contributed by atoms with Crippen LogP contribution in [-0.4, -0.2) is 26.8 Å². The lowest BCUT2D eigenvalue weighted by Gasteiger charge is -2.43. The first kappa shape index (κ1) is 16.7. The maximum Gasteiger partial charge on any atom is 0.182 e. The molecule has 1 fully saturated rings. The van der Waals surface area contributed by atoms with Crippen molar-refractivity contribution < 1.29 is 12.8 Å². The van der Waals surface area contributed by atoms with E-state index in [-0.39, 0.29) is 21.4 Å². The van der Waals surface area contributed by atoms with E-state index < -0.39 is 20.9 Å². The van der Waals surface area contributed by atoms with Crippen molar-refractivity contribution in [1.29, 1.82) is 0 Å². The van der Waals surface area contributed by atoms with Crippen LogP contribution < -0.4 is 5.32 Å². The topological polar surface area (TPSA) is 46.2 Å². The number of sulfone groups is 1. The van der Waals surface area contributed by atoms with Crippen LogP contribution in [0.15, 0.2) is 23.1 Å². The smallest absolute Gasteiger partial charge is 0.182 e. The number of halogens is 2. The summed E-state index contributed by atoms with van der Waals surface area (Å²) in [5, 5.41) is 2.48. The van der Waals surface area contributed by atoms with Crippen LogP contribution in [0, 0.1) is 11.2 Å². The number of benzene rings is 1. The standard InChI is InChI=1S/C15H21ClFNO2S/c1-15(2)8-4-5-13(14(15)18-3)21(19,20)10-6-7-12(17)11(16)9-10/h6-7,9,13-14,18H,4-5,8H2,1-3H3. The van der Waals surface area contributed by atoms with Crippen LogP contribution in [0.1, 0.15) is 33.1 Å². The van der Waals surface area contributed by atoms with Crippen LogP contribution in [-0.2, 0) is 9.84 Å². The van der Waals surface area contributed by atoms with Crippen LogP contribution in [0.4, 0.5) is 4.39 Å². The molecule has 6 heteroatoms. The number of hydrogen-bond acceptors (Lipinski definition) is 3. The predicted octanol–water partition coefficient (Wildman–Crippen LogP) is 3.42. The van der Waals surface area contributed by atoms with E-state index in [2.05, 4.69) is 19.2 Å². The maximum absolute atomic E-state index is 13.3. The van der Waals surface area contributed by atoms with E-state index in [9.17, 15) is 12.8 Å². The van der Waals surface area contributed by atoms with Gasteiger partial charge in [0.1, 0.15) is 5.82 Å². The van der Waals surface area contributed by atoms with E-state index in [1.807, 2.05) is 0 Å². The average Bonchev–Trinajstić information content (AvgIpc) is 2.40. The Kier molecular flexibility index (Phi) is 4.66. The van der Waals surface area contributed by atoms with E-state index in [0.717, 1.165) is 18.9 Å². The molecule has 1 saturated carbocycles. The number of hydrogen-bond donors (Lipinski definition) is 1. The average molecular weight is 334 g/mol. The van der Waals surface area contributed by atoms with Crippen molar-refractivity contribution >= 4 is 21.4 Å². The summed E-state index contributed by atoms with van der Waals surface area (Å²) in [5.41, 5.74) is -0.103. The van der Waals surface area contributed by atoms with Crippen molar-refractivity contribution in [3.05, 3.63) is 29.0 Å². The number of rotatable bonds is 3. The minimum absolute atomic E-state index is 0.0943. The second-order valence-electron chi connectivity index (χ2n) is 6.31. The van der Waals surface area contributed by atoms with Crippen molar-refractivity contribution in [3.63, 3.8) is 0 Å². The highest BCUT2D eigenvalue weighted by Crippen LogP contribution is 2.40. The molecule has 2 unspecified atom stereocenters. The van der Waals surface area contributed by atoms with Gasteiger partial charge in [-0.25, -0.2) is 12.8 Å². The summed E-state index contributed by atoms with van der Waals surface area (Å²) in [5.74, 6) is -0.607. The van der Waals surface area contributed by atoms with Gasteiger partial charge in [-0.3, -0.25) is 0 Å². The minimum Gasteiger partial charge on any atom is -0.315 e. The van der Waals surface area contributed by atoms with Crippen LogP contribution in [0.3, 0.4) is 0 Å². The zero-order valence-electron chi connectivity index (χ0n) is 12.5. The first-order valence-electron chi connectivity index (χ1n) is 7.06. The van der Waals surface area contributed by atoms with Crippen LogP contribution in [0.25, 0.3) is 0 Å². The fraction of sp³-hybridized carbons (Fsp3) is 0.600. The van der Waals surface area contributed by atoms with Gasteiger partial charge in [0.2, 0.25) is 0 Å². The second-order valence-corrected chi connectivity index (χ2v) is 8.88. The quantitative estimate of drug-likeness (QED) is 0.862. The molecule has 0 amide bonds. The summed E-state index contributed by atoms with van der Waals surface area (Å²) in [6, 6.07) is 3.48. The highest BCUT2D eigenvalue weighted by molar-refractivity contribution is 7.92. The lowest BCUT2D eigenvalue weighted by atomic mass is 9.73. The molecule has 0 bridgehead atoms. The molecule has 0 spiro atoms. The maximum atomic E-state index is 13.3. The number of nitrogens with one attached hydrogen (secondary N) is 1. The summed E-state index contributed by atoms with van der Waals surface area (Å²) >= 11 is 5.73. The highest BCUT2D eigenvalue weighted by atomic mass is 35.5. The van der Waals surface area contributed by atoms with Crippen LogP contribution in [0.5, 0.6) is 0 Å². The molecule has 0 aliphatic heterocycles. The fourth-order valence-electron chi connectivity index (χ4n) is 3.32. The van der Waals surface area contributed by atoms with E-state index in [0.29, 0.717) is 6.42 Å². The molecule has 3 nitrogen and oxygen atoms in total. The predicted molar refractivity (Wildman–Crippen MR) is 82.9 cm³/mol. The molecule has 0 saturated heterocycles. The molecule has 21 heavy (non-hydrogen) atoms. The molecule has 1 N–H and O–H groups in total. The third-order valence-corrected chi connectivity index (χ3v) is 6.96. The molecule has 1 aliphatic carbocycles. The van der Waals surface area contributed by atoms with Gasteiger partial charge in [-0.2, -0.15) is 0 Å². The van der Waals surface area contributed by atoms with E-state index in [4.69, 9.17) is 11.6 Å². The largest absolute Gasteiger partial charge is 0.315 e. The van der Waals surface area contributed by atoms with Gasteiger partial charge in [0.05, 0.1) is 15.2 Å². The Bertz CT molecular complexity index is 631. The van der Waals surface area contributed by atoms with Gasteiger partial charge >= 0.3 is 0 Å². The molecule has 0 aromatic heterocycles. The minimum atomic E-state index is -3.55. The first-order valence-corrected chi connectivity index (χ1v) is 8.99. The van der Waals surface area contributed by atoms with E-state index >= 15 is 0 Å². The van der Waals surface area contributed by atoms with Gasteiger partial charge in [-0.1, -0.05) is 31.9 Å². The summed E-state index contributed by atoms with van der Waals surface area (Å²) in [6.45, 7) is 4.15. The Morgan fingerprint density at radius 2 is 2.05 bits per heavy atom. The molecular weight excluding hydrogens is 313 g/mol. The molecule has 2 rings (SSSR count). The molecule has 0 heterocycles. The Morgan fingerprint density at radius 1 is 1.38 bits per heavy atom. The Labute approximate surface area is 130 Å². The van der Waals surface area contributed by atoms with Crippen LogP contribution >= 0.6 is 11.6 Å². The molecule has 118 valence electrons. The first-order chi connectivity index (χ1) is 9.70. The Balaban J connectivity index is 2.44. The Hall–Kier alpha value is -0.650. The molecule has 1 aromatic rings. The zero-order chi connectivity index (χ0) is 15.8.